The van der Waals surface area contributed by atoms with Gasteiger partial charge in [-0.15, -0.1) is 0 Å². The van der Waals surface area contributed by atoms with Crippen LogP contribution in [-0.4, -0.2) is 37.6 Å². The molecule has 2 heterocycles. The van der Waals surface area contributed by atoms with Gasteiger partial charge in [-0.1, -0.05) is 22.9 Å². The number of carbonyl (C=O) groups is 1. The normalized spacial score (nSPS) is 12.0. The summed E-state index contributed by atoms with van der Waals surface area (Å²) in [6, 6.07) is 6.00. The minimum atomic E-state index is -1.13. The number of fused-ring (bicyclic) bond motifs is 3. The van der Waals surface area contributed by atoms with Gasteiger partial charge in [-0.25, -0.2) is 9.97 Å². The Kier molecular flexibility index (Phi) is 6.55. The molecule has 2 N–H and O–H groups in total. The fraction of sp³-hybridized carbons (Fsp3) is 0.500. The molecule has 0 atom stereocenters. The minimum Gasteiger partial charge on any atom is -0.530 e. The van der Waals surface area contributed by atoms with Crippen LogP contribution in [0.5, 0.6) is 0 Å². The van der Waals surface area contributed by atoms with Crippen molar-refractivity contribution in [2.45, 2.75) is 65.5 Å². The average molecular weight is 475 g/mol. The maximum absolute atomic E-state index is 11.5. The summed E-state index contributed by atoms with van der Waals surface area (Å²) in [7, 11) is 0. The maximum atomic E-state index is 11.5. The highest BCUT2D eigenvalue weighted by Crippen LogP contribution is 2.31. The molecule has 0 radical (unpaired) electrons. The fourth-order valence-electron chi connectivity index (χ4n) is 3.83. The predicted octanol–water partition coefficient (Wildman–Crippen LogP) is 4.11. The fourth-order valence-corrected chi connectivity index (χ4v) is 4.18. The van der Waals surface area contributed by atoms with Gasteiger partial charge in [-0.05, 0) is 58.2 Å². The van der Waals surface area contributed by atoms with Gasteiger partial charge in [0.25, 0.3) is 0 Å². The van der Waals surface area contributed by atoms with Crippen molar-refractivity contribution in [3.63, 3.8) is 0 Å². The summed E-state index contributed by atoms with van der Waals surface area (Å²) in [6.07, 6.45) is 2.25. The van der Waals surface area contributed by atoms with Crippen molar-refractivity contribution in [3.05, 3.63) is 28.5 Å². The molecule has 0 bridgehead atoms. The van der Waals surface area contributed by atoms with Gasteiger partial charge in [-0.3, -0.25) is 0 Å². The molecule has 3 aromatic rings. The summed E-state index contributed by atoms with van der Waals surface area (Å²) in [5.41, 5.74) is 8.34. The molecule has 30 heavy (non-hydrogen) atoms. The van der Waals surface area contributed by atoms with Crippen LogP contribution in [0.3, 0.4) is 0 Å². The van der Waals surface area contributed by atoms with E-state index in [1.54, 1.807) is 0 Å². The molecule has 1 amide bonds. The van der Waals surface area contributed by atoms with E-state index < -0.39 is 11.6 Å². The quantitative estimate of drug-likeness (QED) is 0.519. The highest BCUT2D eigenvalue weighted by molar-refractivity contribution is 9.10. The zero-order chi connectivity index (χ0) is 22.1. The summed E-state index contributed by atoms with van der Waals surface area (Å²) >= 11 is 3.50. The van der Waals surface area contributed by atoms with Crippen molar-refractivity contribution < 1.29 is 9.90 Å². The summed E-state index contributed by atoms with van der Waals surface area (Å²) in [5.74, 6) is 1.42. The number of aromatic nitrogens is 3. The second-order valence-corrected chi connectivity index (χ2v) is 9.50. The van der Waals surface area contributed by atoms with E-state index in [-0.39, 0.29) is 0 Å². The SMILES string of the molecule is CCCc1nc2c(N)nc3cc(Br)ccc3c2n1CCCCN(C(=O)[O-])C(C)(C)C. The van der Waals surface area contributed by atoms with Crippen molar-refractivity contribution in [1.29, 1.82) is 0 Å². The van der Waals surface area contributed by atoms with Crippen molar-refractivity contribution in [3.8, 4) is 0 Å². The van der Waals surface area contributed by atoms with Crippen LogP contribution in [0.4, 0.5) is 10.6 Å². The number of carboxylic acid groups (broad SMARTS) is 1. The molecule has 0 spiro atoms. The van der Waals surface area contributed by atoms with E-state index in [1.165, 1.54) is 4.90 Å². The first-order chi connectivity index (χ1) is 14.1. The Morgan fingerprint density at radius 3 is 2.63 bits per heavy atom. The van der Waals surface area contributed by atoms with E-state index in [4.69, 9.17) is 10.7 Å². The van der Waals surface area contributed by atoms with Crippen LogP contribution < -0.4 is 10.8 Å². The number of pyridine rings is 1. The zero-order valence-electron chi connectivity index (χ0n) is 18.0. The number of carbonyl (C=O) groups excluding carboxylic acids is 1. The van der Waals surface area contributed by atoms with E-state index in [0.717, 1.165) is 64.5 Å². The number of nitrogens with zero attached hydrogens (tertiary/aromatic N) is 4. The van der Waals surface area contributed by atoms with Crippen molar-refractivity contribution >= 4 is 49.8 Å². The number of halogens is 1. The van der Waals surface area contributed by atoms with Gasteiger partial charge in [0.05, 0.1) is 11.0 Å². The van der Waals surface area contributed by atoms with Crippen LogP contribution in [0.15, 0.2) is 22.7 Å². The minimum absolute atomic E-state index is 0.433. The van der Waals surface area contributed by atoms with Gasteiger partial charge in [0.15, 0.2) is 5.82 Å². The zero-order valence-corrected chi connectivity index (χ0v) is 19.6. The third kappa shape index (κ3) is 4.53. The molecule has 0 aliphatic rings. The molecule has 0 fully saturated rings. The number of nitrogen functional groups attached to an aromatic ring is 1. The number of hydrogen-bond acceptors (Lipinski definition) is 5. The Labute approximate surface area is 185 Å². The average Bonchev–Trinajstić information content (AvgIpc) is 2.99. The Balaban J connectivity index is 1.93. The Hall–Kier alpha value is -2.35. The molecule has 8 heteroatoms. The van der Waals surface area contributed by atoms with Crippen LogP contribution in [0.25, 0.3) is 21.9 Å². The monoisotopic (exact) mass is 474 g/mol. The van der Waals surface area contributed by atoms with E-state index in [1.807, 2.05) is 39.0 Å². The van der Waals surface area contributed by atoms with Gasteiger partial charge in [-0.2, -0.15) is 0 Å². The molecule has 2 aromatic heterocycles. The highest BCUT2D eigenvalue weighted by atomic mass is 79.9. The summed E-state index contributed by atoms with van der Waals surface area (Å²) in [6.45, 7) is 8.95. The second kappa shape index (κ2) is 8.79. The lowest BCUT2D eigenvalue weighted by Crippen LogP contribution is -2.51. The first-order valence-electron chi connectivity index (χ1n) is 10.4. The van der Waals surface area contributed by atoms with Gasteiger partial charge in [0, 0.05) is 34.9 Å². The lowest BCUT2D eigenvalue weighted by atomic mass is 10.1. The lowest BCUT2D eigenvalue weighted by molar-refractivity contribution is -0.270. The van der Waals surface area contributed by atoms with Gasteiger partial charge in [0.1, 0.15) is 17.4 Å². The Morgan fingerprint density at radius 1 is 1.27 bits per heavy atom. The number of aryl methyl sites for hydroxylation is 2. The number of unbranched alkanes of at least 4 members (excludes halogenated alkanes) is 1. The molecule has 0 saturated heterocycles. The standard InChI is InChI=1S/C22H30BrN5O2/c1-5-8-17-26-18-19(15-10-9-14(23)13-16(15)25-20(18)24)27(17)11-6-7-12-28(21(29)30)22(2,3)4/h9-10,13H,5-8,11-12H2,1-4H3,(H2,24,25)(H,29,30)/p-1. The number of hydrogen-bond donors (Lipinski definition) is 1. The van der Waals surface area contributed by atoms with Gasteiger partial charge < -0.3 is 25.1 Å². The predicted molar refractivity (Wildman–Crippen MR) is 122 cm³/mol. The smallest absolute Gasteiger partial charge is 0.152 e. The number of benzene rings is 1. The number of amides is 1. The van der Waals surface area contributed by atoms with Crippen LogP contribution in [-0.2, 0) is 13.0 Å². The van der Waals surface area contributed by atoms with Crippen LogP contribution in [0, 0.1) is 0 Å². The number of nitrogens with two attached hydrogens (primary N) is 1. The van der Waals surface area contributed by atoms with Crippen LogP contribution >= 0.6 is 15.9 Å². The van der Waals surface area contributed by atoms with E-state index in [9.17, 15) is 9.90 Å². The molecule has 162 valence electrons. The largest absolute Gasteiger partial charge is 0.530 e. The van der Waals surface area contributed by atoms with Crippen LogP contribution in [0.2, 0.25) is 0 Å². The molecule has 3 rings (SSSR count). The number of anilines is 1. The van der Waals surface area contributed by atoms with Crippen LogP contribution in [0.1, 0.15) is 52.8 Å². The second-order valence-electron chi connectivity index (χ2n) is 8.58. The molecule has 0 aliphatic heterocycles. The Bertz CT molecular complexity index is 1070. The number of rotatable bonds is 7. The topological polar surface area (TPSA) is 100 Å². The van der Waals surface area contributed by atoms with Gasteiger partial charge >= 0.3 is 0 Å². The van der Waals surface area contributed by atoms with Gasteiger partial charge in [0.2, 0.25) is 0 Å². The molecule has 0 aliphatic carbocycles. The molecular weight excluding hydrogens is 446 g/mol. The van der Waals surface area contributed by atoms with Crippen molar-refractivity contribution in [2.24, 2.45) is 0 Å². The molecule has 0 unspecified atom stereocenters. The highest BCUT2D eigenvalue weighted by Gasteiger charge is 2.21. The number of imidazole rings is 1. The summed E-state index contributed by atoms with van der Waals surface area (Å²) in [5, 5.41) is 12.5. The molecule has 0 saturated carbocycles. The Morgan fingerprint density at radius 2 is 2.00 bits per heavy atom. The van der Waals surface area contributed by atoms with E-state index in [2.05, 4.69) is 32.4 Å². The molecular formula is C22H29BrN5O2-. The van der Waals surface area contributed by atoms with Crippen molar-refractivity contribution in [1.82, 2.24) is 19.4 Å². The lowest BCUT2D eigenvalue weighted by Gasteiger charge is -2.38. The molecule has 7 nitrogen and oxygen atoms in total. The summed E-state index contributed by atoms with van der Waals surface area (Å²) < 4.78 is 3.18. The maximum Gasteiger partial charge on any atom is 0.152 e. The first-order valence-corrected chi connectivity index (χ1v) is 11.1. The third-order valence-corrected chi connectivity index (χ3v) is 5.76. The molecule has 1 aromatic carbocycles. The summed E-state index contributed by atoms with van der Waals surface area (Å²) in [4.78, 5) is 22.2. The van der Waals surface area contributed by atoms with E-state index >= 15 is 0 Å². The third-order valence-electron chi connectivity index (χ3n) is 5.26. The van der Waals surface area contributed by atoms with E-state index in [0.29, 0.717) is 12.4 Å². The first kappa shape index (κ1) is 22.3. The van der Waals surface area contributed by atoms with Crippen molar-refractivity contribution in [2.75, 3.05) is 12.3 Å².